The lowest BCUT2D eigenvalue weighted by molar-refractivity contribution is -0.114. The Balaban J connectivity index is 2.20. The number of hydrogen-bond acceptors (Lipinski definition) is 4. The highest BCUT2D eigenvalue weighted by molar-refractivity contribution is 5.88. The molecular weight excluding hydrogens is 234 g/mol. The summed E-state index contributed by atoms with van der Waals surface area (Å²) in [6, 6.07) is 7.20. The van der Waals surface area contributed by atoms with E-state index in [-0.39, 0.29) is 5.91 Å². The quantitative estimate of drug-likeness (QED) is 0.716. The summed E-state index contributed by atoms with van der Waals surface area (Å²) in [7, 11) is 1.64. The number of carbonyl (C=O) groups is 1. The second kappa shape index (κ2) is 8.49. The van der Waals surface area contributed by atoms with Crippen LogP contribution in [0.2, 0.25) is 0 Å². The van der Waals surface area contributed by atoms with E-state index in [1.807, 2.05) is 0 Å². The van der Waals surface area contributed by atoms with Crippen molar-refractivity contribution >= 4 is 11.6 Å². The molecule has 0 aromatic heterocycles. The number of methoxy groups -OCH3 is 1. The first-order chi connectivity index (χ1) is 8.72. The molecule has 0 heterocycles. The molecule has 0 unspecified atom stereocenters. The van der Waals surface area contributed by atoms with Gasteiger partial charge in [-0.3, -0.25) is 4.79 Å². The molecule has 1 N–H and O–H groups in total. The number of nitrogens with one attached hydrogen (secondary N) is 1. The molecule has 0 spiro atoms. The van der Waals surface area contributed by atoms with E-state index < -0.39 is 0 Å². The molecule has 0 saturated carbocycles. The van der Waals surface area contributed by atoms with Gasteiger partial charge in [-0.2, -0.15) is 0 Å². The van der Waals surface area contributed by atoms with Crippen LogP contribution in [0.25, 0.3) is 0 Å². The van der Waals surface area contributed by atoms with Gasteiger partial charge in [0.15, 0.2) is 0 Å². The van der Waals surface area contributed by atoms with Gasteiger partial charge in [0.1, 0.15) is 12.4 Å². The SMILES string of the molecule is COCCOCCOc1ccc(NC(C)=O)cc1. The second-order valence-electron chi connectivity index (χ2n) is 3.66. The number of amides is 1. The van der Waals surface area contributed by atoms with Gasteiger partial charge in [-0.1, -0.05) is 0 Å². The highest BCUT2D eigenvalue weighted by Crippen LogP contribution is 2.15. The van der Waals surface area contributed by atoms with E-state index in [0.29, 0.717) is 26.4 Å². The third-order valence-corrected chi connectivity index (χ3v) is 2.10. The van der Waals surface area contributed by atoms with Gasteiger partial charge < -0.3 is 19.5 Å². The molecule has 1 aromatic rings. The van der Waals surface area contributed by atoms with Crippen LogP contribution in [0.5, 0.6) is 5.75 Å². The molecule has 0 bridgehead atoms. The van der Waals surface area contributed by atoms with Crippen molar-refractivity contribution in [1.82, 2.24) is 0 Å². The van der Waals surface area contributed by atoms with Crippen molar-refractivity contribution in [2.45, 2.75) is 6.92 Å². The van der Waals surface area contributed by atoms with Crippen molar-refractivity contribution in [2.24, 2.45) is 0 Å². The third-order valence-electron chi connectivity index (χ3n) is 2.10. The first kappa shape index (κ1) is 14.5. The van der Waals surface area contributed by atoms with E-state index in [1.165, 1.54) is 6.92 Å². The molecule has 100 valence electrons. The maximum Gasteiger partial charge on any atom is 0.221 e. The van der Waals surface area contributed by atoms with Gasteiger partial charge in [0.2, 0.25) is 5.91 Å². The topological polar surface area (TPSA) is 56.8 Å². The molecule has 1 amide bonds. The number of anilines is 1. The predicted octanol–water partition coefficient (Wildman–Crippen LogP) is 1.69. The van der Waals surface area contributed by atoms with Crippen molar-refractivity contribution in [2.75, 3.05) is 38.9 Å². The molecule has 5 nitrogen and oxygen atoms in total. The molecule has 0 aliphatic heterocycles. The van der Waals surface area contributed by atoms with Crippen molar-refractivity contribution in [3.05, 3.63) is 24.3 Å². The molecule has 18 heavy (non-hydrogen) atoms. The van der Waals surface area contributed by atoms with Gasteiger partial charge in [-0.05, 0) is 24.3 Å². The lowest BCUT2D eigenvalue weighted by Crippen LogP contribution is -2.10. The fourth-order valence-corrected chi connectivity index (χ4v) is 1.30. The van der Waals surface area contributed by atoms with Gasteiger partial charge in [0.25, 0.3) is 0 Å². The Morgan fingerprint density at radius 2 is 1.78 bits per heavy atom. The zero-order chi connectivity index (χ0) is 13.2. The standard InChI is InChI=1S/C13H19NO4/c1-11(15)14-12-3-5-13(6-4-12)18-10-9-17-8-7-16-2/h3-6H,7-10H2,1-2H3,(H,14,15). The highest BCUT2D eigenvalue weighted by atomic mass is 16.5. The molecule has 5 heteroatoms. The summed E-state index contributed by atoms with van der Waals surface area (Å²) in [4.78, 5) is 10.8. The molecule has 1 rings (SSSR count). The van der Waals surface area contributed by atoms with Crippen molar-refractivity contribution in [3.8, 4) is 5.75 Å². The number of hydrogen-bond donors (Lipinski definition) is 1. The van der Waals surface area contributed by atoms with E-state index in [4.69, 9.17) is 14.2 Å². The average molecular weight is 253 g/mol. The Kier molecular flexibility index (Phi) is 6.83. The van der Waals surface area contributed by atoms with E-state index in [2.05, 4.69) is 5.32 Å². The summed E-state index contributed by atoms with van der Waals surface area (Å²) in [6.07, 6.45) is 0. The van der Waals surface area contributed by atoms with Crippen molar-refractivity contribution in [1.29, 1.82) is 0 Å². The summed E-state index contributed by atoms with van der Waals surface area (Å²) >= 11 is 0. The highest BCUT2D eigenvalue weighted by Gasteiger charge is 1.97. The Labute approximate surface area is 107 Å². The molecule has 0 aliphatic rings. The number of rotatable bonds is 8. The van der Waals surface area contributed by atoms with Gasteiger partial charge in [-0.25, -0.2) is 0 Å². The minimum atomic E-state index is -0.0878. The monoisotopic (exact) mass is 253 g/mol. The largest absolute Gasteiger partial charge is 0.491 e. The molecule has 0 saturated heterocycles. The van der Waals surface area contributed by atoms with E-state index >= 15 is 0 Å². The predicted molar refractivity (Wildman–Crippen MR) is 68.9 cm³/mol. The van der Waals surface area contributed by atoms with Crippen LogP contribution in [0.3, 0.4) is 0 Å². The maximum atomic E-state index is 10.8. The molecule has 0 atom stereocenters. The lowest BCUT2D eigenvalue weighted by atomic mass is 10.3. The third kappa shape index (κ3) is 6.22. The summed E-state index contributed by atoms with van der Waals surface area (Å²) in [6.45, 7) is 3.65. The smallest absolute Gasteiger partial charge is 0.221 e. The van der Waals surface area contributed by atoms with E-state index in [0.717, 1.165) is 11.4 Å². The van der Waals surface area contributed by atoms with Crippen LogP contribution in [0, 0.1) is 0 Å². The van der Waals surface area contributed by atoms with Crippen LogP contribution in [0.15, 0.2) is 24.3 Å². The van der Waals surface area contributed by atoms with Gasteiger partial charge in [0.05, 0.1) is 19.8 Å². The molecule has 0 fully saturated rings. The Morgan fingerprint density at radius 3 is 2.39 bits per heavy atom. The Hall–Kier alpha value is -1.59. The number of benzene rings is 1. The fraction of sp³-hybridized carbons (Fsp3) is 0.462. The normalized spacial score (nSPS) is 10.1. The summed E-state index contributed by atoms with van der Waals surface area (Å²) < 4.78 is 15.6. The van der Waals surface area contributed by atoms with Crippen LogP contribution in [0.1, 0.15) is 6.92 Å². The van der Waals surface area contributed by atoms with Crippen LogP contribution >= 0.6 is 0 Å². The van der Waals surface area contributed by atoms with Crippen LogP contribution in [-0.4, -0.2) is 39.4 Å². The number of ether oxygens (including phenoxy) is 3. The zero-order valence-electron chi connectivity index (χ0n) is 10.8. The van der Waals surface area contributed by atoms with Crippen LogP contribution in [-0.2, 0) is 14.3 Å². The summed E-state index contributed by atoms with van der Waals surface area (Å²) in [5.41, 5.74) is 0.756. The van der Waals surface area contributed by atoms with Crippen LogP contribution < -0.4 is 10.1 Å². The van der Waals surface area contributed by atoms with Crippen molar-refractivity contribution < 1.29 is 19.0 Å². The summed E-state index contributed by atoms with van der Waals surface area (Å²) in [5.74, 6) is 0.662. The minimum absolute atomic E-state index is 0.0878. The Bertz CT molecular complexity index is 351. The molecule has 1 aromatic carbocycles. The van der Waals surface area contributed by atoms with Gasteiger partial charge in [-0.15, -0.1) is 0 Å². The second-order valence-corrected chi connectivity index (χ2v) is 3.66. The van der Waals surface area contributed by atoms with E-state index in [9.17, 15) is 4.79 Å². The Morgan fingerprint density at radius 1 is 1.11 bits per heavy atom. The molecular formula is C13H19NO4. The lowest BCUT2D eigenvalue weighted by Gasteiger charge is -2.08. The number of carbonyl (C=O) groups excluding carboxylic acids is 1. The molecule has 0 aliphatic carbocycles. The maximum absolute atomic E-state index is 10.8. The first-order valence-electron chi connectivity index (χ1n) is 5.79. The van der Waals surface area contributed by atoms with Gasteiger partial charge in [0, 0.05) is 19.7 Å². The first-order valence-corrected chi connectivity index (χ1v) is 5.79. The summed E-state index contributed by atoms with van der Waals surface area (Å²) in [5, 5.41) is 2.69. The average Bonchev–Trinajstić information content (AvgIpc) is 2.35. The van der Waals surface area contributed by atoms with Gasteiger partial charge >= 0.3 is 0 Å². The van der Waals surface area contributed by atoms with E-state index in [1.54, 1.807) is 31.4 Å². The fourth-order valence-electron chi connectivity index (χ4n) is 1.30. The van der Waals surface area contributed by atoms with Crippen LogP contribution in [0.4, 0.5) is 5.69 Å². The van der Waals surface area contributed by atoms with Crippen molar-refractivity contribution in [3.63, 3.8) is 0 Å². The minimum Gasteiger partial charge on any atom is -0.491 e. The molecule has 0 radical (unpaired) electrons. The zero-order valence-corrected chi connectivity index (χ0v) is 10.8.